The molecule has 0 aliphatic heterocycles. The summed E-state index contributed by atoms with van der Waals surface area (Å²) in [4.78, 5) is 11.7. The van der Waals surface area contributed by atoms with Gasteiger partial charge < -0.3 is 14.6 Å². The molecule has 0 aliphatic rings. The van der Waals surface area contributed by atoms with Gasteiger partial charge in [-0.15, -0.1) is 0 Å². The summed E-state index contributed by atoms with van der Waals surface area (Å²) in [7, 11) is 1.64. The highest BCUT2D eigenvalue weighted by atomic mass is 16.5. The summed E-state index contributed by atoms with van der Waals surface area (Å²) in [5, 5.41) is 3.36. The van der Waals surface area contributed by atoms with E-state index in [1.54, 1.807) is 17.7 Å². The van der Waals surface area contributed by atoms with Crippen molar-refractivity contribution in [1.29, 1.82) is 0 Å². The topological polar surface area (TPSA) is 43.3 Å². The molecule has 1 N–H and O–H groups in total. The largest absolute Gasteiger partial charge is 0.384 e. The third-order valence-electron chi connectivity index (χ3n) is 3.33. The number of aryl methyl sites for hydroxylation is 1. The average Bonchev–Trinajstić information content (AvgIpc) is 2.52. The average molecular weight is 286 g/mol. The number of hydrogen-bond donors (Lipinski definition) is 1. The van der Waals surface area contributed by atoms with Gasteiger partial charge in [-0.05, 0) is 24.5 Å². The molecule has 0 unspecified atom stereocenters. The van der Waals surface area contributed by atoms with Crippen LogP contribution in [-0.4, -0.2) is 24.8 Å². The van der Waals surface area contributed by atoms with Gasteiger partial charge in [0.15, 0.2) is 0 Å². The summed E-state index contributed by atoms with van der Waals surface area (Å²) in [6, 6.07) is 13.9. The summed E-state index contributed by atoms with van der Waals surface area (Å²) in [5.74, 6) is 0. The molecule has 0 bridgehead atoms. The fraction of sp³-hybridized carbons (Fsp3) is 0.353. The number of benzene rings is 1. The zero-order valence-electron chi connectivity index (χ0n) is 12.4. The van der Waals surface area contributed by atoms with E-state index < -0.39 is 0 Å². The van der Waals surface area contributed by atoms with Gasteiger partial charge in [-0.2, -0.15) is 0 Å². The van der Waals surface area contributed by atoms with Crippen molar-refractivity contribution in [3.63, 3.8) is 0 Å². The quantitative estimate of drug-likeness (QED) is 0.758. The molecule has 1 aromatic carbocycles. The molecule has 4 nitrogen and oxygen atoms in total. The lowest BCUT2D eigenvalue weighted by molar-refractivity contribution is 0.186. The number of ether oxygens (including phenoxy) is 1. The molecule has 0 radical (unpaired) electrons. The smallest absolute Gasteiger partial charge is 0.250 e. The van der Waals surface area contributed by atoms with Crippen molar-refractivity contribution in [3.05, 3.63) is 64.6 Å². The van der Waals surface area contributed by atoms with Gasteiger partial charge in [-0.1, -0.05) is 30.3 Å². The van der Waals surface area contributed by atoms with Gasteiger partial charge >= 0.3 is 0 Å². The summed E-state index contributed by atoms with van der Waals surface area (Å²) < 4.78 is 6.68. The van der Waals surface area contributed by atoms with Crippen molar-refractivity contribution in [3.8, 4) is 0 Å². The predicted molar refractivity (Wildman–Crippen MR) is 85.8 cm³/mol. The SMILES string of the molecule is COCCn1cc(NCCCc2ccccc2)ccc1=O. The van der Waals surface area contributed by atoms with Gasteiger partial charge in [0.05, 0.1) is 12.3 Å². The Morgan fingerprint density at radius 3 is 2.71 bits per heavy atom. The summed E-state index contributed by atoms with van der Waals surface area (Å²) in [6.45, 7) is 2.00. The molecule has 0 spiro atoms. The van der Waals surface area contributed by atoms with Crippen LogP contribution in [0.1, 0.15) is 12.0 Å². The molecule has 0 saturated carbocycles. The van der Waals surface area contributed by atoms with Crippen LogP contribution in [0.25, 0.3) is 0 Å². The van der Waals surface area contributed by atoms with Crippen LogP contribution in [0, 0.1) is 0 Å². The molecular formula is C17H22N2O2. The molecule has 1 heterocycles. The number of rotatable bonds is 8. The molecule has 1 aromatic heterocycles. The summed E-state index contributed by atoms with van der Waals surface area (Å²) >= 11 is 0. The minimum atomic E-state index is 0.00175. The van der Waals surface area contributed by atoms with Crippen LogP contribution in [0.2, 0.25) is 0 Å². The van der Waals surface area contributed by atoms with Gasteiger partial charge in [0.25, 0.3) is 5.56 Å². The molecule has 2 rings (SSSR count). The molecule has 0 atom stereocenters. The first-order valence-electron chi connectivity index (χ1n) is 7.27. The van der Waals surface area contributed by atoms with Gasteiger partial charge in [0, 0.05) is 32.5 Å². The molecule has 2 aromatic rings. The summed E-state index contributed by atoms with van der Waals surface area (Å²) in [5.41, 5.74) is 2.32. The summed E-state index contributed by atoms with van der Waals surface area (Å²) in [6.07, 6.45) is 3.96. The van der Waals surface area contributed by atoms with Crippen molar-refractivity contribution < 1.29 is 4.74 Å². The van der Waals surface area contributed by atoms with Crippen LogP contribution in [0.3, 0.4) is 0 Å². The maximum absolute atomic E-state index is 11.7. The Morgan fingerprint density at radius 1 is 1.14 bits per heavy atom. The zero-order valence-corrected chi connectivity index (χ0v) is 12.4. The number of pyridine rings is 1. The first-order valence-corrected chi connectivity index (χ1v) is 7.27. The van der Waals surface area contributed by atoms with E-state index in [0.29, 0.717) is 13.2 Å². The fourth-order valence-electron chi connectivity index (χ4n) is 2.17. The molecule has 21 heavy (non-hydrogen) atoms. The van der Waals surface area contributed by atoms with E-state index in [2.05, 4.69) is 29.6 Å². The molecular weight excluding hydrogens is 264 g/mol. The van der Waals surface area contributed by atoms with Crippen molar-refractivity contribution >= 4 is 5.69 Å². The molecule has 0 aliphatic carbocycles. The minimum Gasteiger partial charge on any atom is -0.384 e. The zero-order chi connectivity index (χ0) is 14.9. The second-order valence-corrected chi connectivity index (χ2v) is 4.96. The lowest BCUT2D eigenvalue weighted by atomic mass is 10.1. The third kappa shape index (κ3) is 5.08. The lowest BCUT2D eigenvalue weighted by Gasteiger charge is -2.10. The van der Waals surface area contributed by atoms with Crippen molar-refractivity contribution in [2.24, 2.45) is 0 Å². The number of nitrogens with zero attached hydrogens (tertiary/aromatic N) is 1. The molecule has 0 fully saturated rings. The number of hydrogen-bond acceptors (Lipinski definition) is 3. The Morgan fingerprint density at radius 2 is 1.95 bits per heavy atom. The first kappa shape index (κ1) is 15.3. The maximum Gasteiger partial charge on any atom is 0.250 e. The third-order valence-corrected chi connectivity index (χ3v) is 3.33. The highest BCUT2D eigenvalue weighted by molar-refractivity contribution is 5.40. The van der Waals surface area contributed by atoms with Crippen LogP contribution in [0.5, 0.6) is 0 Å². The lowest BCUT2D eigenvalue weighted by Crippen LogP contribution is -2.21. The van der Waals surface area contributed by atoms with Crippen LogP contribution in [-0.2, 0) is 17.7 Å². The highest BCUT2D eigenvalue weighted by Gasteiger charge is 1.99. The molecule has 0 amide bonds. The van der Waals surface area contributed by atoms with Crippen molar-refractivity contribution in [2.75, 3.05) is 25.6 Å². The number of methoxy groups -OCH3 is 1. The van der Waals surface area contributed by atoms with Gasteiger partial charge in [-0.3, -0.25) is 4.79 Å². The minimum absolute atomic E-state index is 0.00175. The monoisotopic (exact) mass is 286 g/mol. The Balaban J connectivity index is 1.81. The van der Waals surface area contributed by atoms with Crippen LogP contribution < -0.4 is 10.9 Å². The first-order chi connectivity index (χ1) is 10.3. The van der Waals surface area contributed by atoms with Crippen molar-refractivity contribution in [2.45, 2.75) is 19.4 Å². The standard InChI is InChI=1S/C17H22N2O2/c1-21-13-12-19-14-16(9-10-17(19)20)18-11-5-8-15-6-3-2-4-7-15/h2-4,6-7,9-10,14,18H,5,8,11-13H2,1H3. The number of anilines is 1. The second-order valence-electron chi connectivity index (χ2n) is 4.96. The molecule has 4 heteroatoms. The van der Waals surface area contributed by atoms with Gasteiger partial charge in [-0.25, -0.2) is 0 Å². The predicted octanol–water partition coefficient (Wildman–Crippen LogP) is 2.54. The van der Waals surface area contributed by atoms with Crippen LogP contribution >= 0.6 is 0 Å². The Bertz CT molecular complexity index is 593. The van der Waals surface area contributed by atoms with E-state index in [0.717, 1.165) is 25.1 Å². The maximum atomic E-state index is 11.7. The normalized spacial score (nSPS) is 10.5. The Kier molecular flexibility index (Phi) is 6.03. The van der Waals surface area contributed by atoms with Gasteiger partial charge in [0.1, 0.15) is 0 Å². The number of nitrogens with one attached hydrogen (secondary N) is 1. The molecule has 0 saturated heterocycles. The van der Waals surface area contributed by atoms with E-state index >= 15 is 0 Å². The van der Waals surface area contributed by atoms with Crippen LogP contribution in [0.15, 0.2) is 53.5 Å². The van der Waals surface area contributed by atoms with E-state index in [4.69, 9.17) is 4.74 Å². The number of aromatic nitrogens is 1. The second kappa shape index (κ2) is 8.27. The molecule has 112 valence electrons. The van der Waals surface area contributed by atoms with E-state index in [-0.39, 0.29) is 5.56 Å². The Hall–Kier alpha value is -2.07. The Labute approximate surface area is 125 Å². The highest BCUT2D eigenvalue weighted by Crippen LogP contribution is 2.06. The fourth-order valence-corrected chi connectivity index (χ4v) is 2.17. The van der Waals surface area contributed by atoms with Crippen LogP contribution in [0.4, 0.5) is 5.69 Å². The van der Waals surface area contributed by atoms with E-state index in [1.807, 2.05) is 18.3 Å². The van der Waals surface area contributed by atoms with Gasteiger partial charge in [0.2, 0.25) is 0 Å². The van der Waals surface area contributed by atoms with E-state index in [1.165, 1.54) is 5.56 Å². The van der Waals surface area contributed by atoms with Crippen molar-refractivity contribution in [1.82, 2.24) is 4.57 Å². The van der Waals surface area contributed by atoms with E-state index in [9.17, 15) is 4.79 Å².